The van der Waals surface area contributed by atoms with Gasteiger partial charge in [0, 0.05) is 0 Å². The van der Waals surface area contributed by atoms with Gasteiger partial charge in [-0.15, -0.1) is 0 Å². The van der Waals surface area contributed by atoms with Crippen LogP contribution >= 0.6 is 31.9 Å². The number of amides is 2. The predicted octanol–water partition coefficient (Wildman–Crippen LogP) is 3.24. The van der Waals surface area contributed by atoms with Crippen LogP contribution < -0.4 is 4.90 Å². The quantitative estimate of drug-likeness (QED) is 0.560. The molecule has 1 aliphatic rings. The normalized spacial score (nSPS) is 23.4. The lowest BCUT2D eigenvalue weighted by atomic mass is 10.1. The van der Waals surface area contributed by atoms with Crippen LogP contribution in [0, 0.1) is 0 Å². The summed E-state index contributed by atoms with van der Waals surface area (Å²) in [4.78, 5) is 24.4. The molecule has 0 radical (unpaired) electrons. The van der Waals surface area contributed by atoms with Gasteiger partial charge in [-0.25, -0.2) is 4.90 Å². The molecule has 0 aromatic heterocycles. The van der Waals surface area contributed by atoms with Crippen LogP contribution in [0.2, 0.25) is 0 Å². The Kier molecular flexibility index (Phi) is 3.19. The SMILES string of the molecule is O=C1C(Br)C(Br)C(=O)N1c1ccc2ccccc2c1. The third kappa shape index (κ3) is 2.01. The molecule has 3 rings (SSSR count). The molecule has 19 heavy (non-hydrogen) atoms. The summed E-state index contributed by atoms with van der Waals surface area (Å²) < 4.78 is 0. The Morgan fingerprint density at radius 2 is 1.42 bits per heavy atom. The Morgan fingerprint density at radius 3 is 2.05 bits per heavy atom. The van der Waals surface area contributed by atoms with Gasteiger partial charge in [-0.1, -0.05) is 62.2 Å². The first kappa shape index (κ1) is 12.8. The summed E-state index contributed by atoms with van der Waals surface area (Å²) in [5, 5.41) is 2.08. The first-order valence-electron chi connectivity index (χ1n) is 5.74. The molecule has 2 amide bonds. The van der Waals surface area contributed by atoms with Gasteiger partial charge >= 0.3 is 0 Å². The highest BCUT2D eigenvalue weighted by Gasteiger charge is 2.45. The van der Waals surface area contributed by atoms with Crippen LogP contribution in [0.25, 0.3) is 10.8 Å². The zero-order valence-electron chi connectivity index (χ0n) is 9.72. The number of alkyl halides is 2. The van der Waals surface area contributed by atoms with E-state index in [0.717, 1.165) is 10.8 Å². The van der Waals surface area contributed by atoms with Crippen LogP contribution in [0.3, 0.4) is 0 Å². The first-order chi connectivity index (χ1) is 9.09. The Labute approximate surface area is 126 Å². The van der Waals surface area contributed by atoms with Crippen LogP contribution in [-0.4, -0.2) is 21.5 Å². The molecule has 1 heterocycles. The molecule has 0 saturated carbocycles. The number of hydrogen-bond acceptors (Lipinski definition) is 2. The van der Waals surface area contributed by atoms with Crippen molar-refractivity contribution in [2.75, 3.05) is 4.90 Å². The average molecular weight is 383 g/mol. The minimum atomic E-state index is -0.508. The molecule has 0 spiro atoms. The second-order valence-electron chi connectivity index (χ2n) is 4.35. The smallest absolute Gasteiger partial charge is 0.249 e. The summed E-state index contributed by atoms with van der Waals surface area (Å²) in [6.07, 6.45) is 0. The number of carbonyl (C=O) groups is 2. The molecule has 5 heteroatoms. The van der Waals surface area contributed by atoms with E-state index < -0.39 is 9.65 Å². The van der Waals surface area contributed by atoms with Crippen LogP contribution in [0.1, 0.15) is 0 Å². The largest absolute Gasteiger partial charge is 0.273 e. The molecule has 2 unspecified atom stereocenters. The van der Waals surface area contributed by atoms with Crippen molar-refractivity contribution in [2.45, 2.75) is 9.65 Å². The van der Waals surface area contributed by atoms with E-state index >= 15 is 0 Å². The van der Waals surface area contributed by atoms with E-state index in [2.05, 4.69) is 31.9 Å². The Balaban J connectivity index is 2.09. The monoisotopic (exact) mass is 381 g/mol. The summed E-state index contributed by atoms with van der Waals surface area (Å²) in [7, 11) is 0. The van der Waals surface area contributed by atoms with Gasteiger partial charge in [0.15, 0.2) is 0 Å². The molecule has 1 aliphatic heterocycles. The van der Waals surface area contributed by atoms with Gasteiger partial charge in [0.2, 0.25) is 11.8 Å². The number of rotatable bonds is 1. The fourth-order valence-corrected chi connectivity index (χ4v) is 3.04. The molecule has 1 saturated heterocycles. The van der Waals surface area contributed by atoms with Gasteiger partial charge in [-0.2, -0.15) is 0 Å². The summed E-state index contributed by atoms with van der Waals surface area (Å²) in [5.74, 6) is -0.468. The van der Waals surface area contributed by atoms with Crippen molar-refractivity contribution in [3.8, 4) is 0 Å². The molecule has 0 bridgehead atoms. The van der Waals surface area contributed by atoms with Gasteiger partial charge in [0.1, 0.15) is 9.65 Å². The average Bonchev–Trinajstić information content (AvgIpc) is 2.63. The highest BCUT2D eigenvalue weighted by Crippen LogP contribution is 2.32. The minimum Gasteiger partial charge on any atom is -0.273 e. The maximum absolute atomic E-state index is 12.1. The molecule has 96 valence electrons. The summed E-state index contributed by atoms with van der Waals surface area (Å²) in [6.45, 7) is 0. The molecule has 1 fully saturated rings. The second-order valence-corrected chi connectivity index (χ2v) is 6.32. The van der Waals surface area contributed by atoms with Crippen molar-refractivity contribution in [1.29, 1.82) is 0 Å². The van der Waals surface area contributed by atoms with Crippen molar-refractivity contribution in [3.05, 3.63) is 42.5 Å². The lowest BCUT2D eigenvalue weighted by molar-refractivity contribution is -0.121. The van der Waals surface area contributed by atoms with E-state index in [1.807, 2.05) is 36.4 Å². The number of nitrogens with zero attached hydrogens (tertiary/aromatic N) is 1. The van der Waals surface area contributed by atoms with Crippen molar-refractivity contribution in [3.63, 3.8) is 0 Å². The Morgan fingerprint density at radius 1 is 0.842 bits per heavy atom. The van der Waals surface area contributed by atoms with Crippen molar-refractivity contribution in [2.24, 2.45) is 0 Å². The maximum atomic E-state index is 12.1. The summed E-state index contributed by atoms with van der Waals surface area (Å²) >= 11 is 6.48. The van der Waals surface area contributed by atoms with E-state index in [9.17, 15) is 9.59 Å². The maximum Gasteiger partial charge on any atom is 0.249 e. The summed E-state index contributed by atoms with van der Waals surface area (Å²) in [6, 6.07) is 13.4. The molecule has 2 aromatic carbocycles. The van der Waals surface area contributed by atoms with Gasteiger partial charge in [-0.3, -0.25) is 9.59 Å². The number of imide groups is 1. The van der Waals surface area contributed by atoms with E-state index in [1.165, 1.54) is 4.90 Å². The molecule has 0 aliphatic carbocycles. The van der Waals surface area contributed by atoms with Crippen LogP contribution in [0.15, 0.2) is 42.5 Å². The predicted molar refractivity (Wildman–Crippen MR) is 81.9 cm³/mol. The number of anilines is 1. The fraction of sp³-hybridized carbons (Fsp3) is 0.143. The van der Waals surface area contributed by atoms with Crippen molar-refractivity contribution in [1.82, 2.24) is 0 Å². The standard InChI is InChI=1S/C14H9Br2NO2/c15-11-12(16)14(19)17(13(11)18)10-6-5-8-3-1-2-4-9(8)7-10/h1-7,11-12H. The second kappa shape index (κ2) is 4.72. The number of benzene rings is 2. The molecule has 2 aromatic rings. The zero-order valence-corrected chi connectivity index (χ0v) is 12.9. The lowest BCUT2D eigenvalue weighted by Crippen LogP contribution is -2.31. The Hall–Kier alpha value is -1.20. The molecular formula is C14H9Br2NO2. The van der Waals surface area contributed by atoms with E-state index in [1.54, 1.807) is 6.07 Å². The molecule has 2 atom stereocenters. The Bertz CT molecular complexity index is 666. The summed E-state index contributed by atoms with van der Waals surface area (Å²) in [5.41, 5.74) is 0.611. The third-order valence-corrected chi connectivity index (χ3v) is 5.71. The molecule has 0 N–H and O–H groups in total. The van der Waals surface area contributed by atoms with Crippen LogP contribution in [-0.2, 0) is 9.59 Å². The van der Waals surface area contributed by atoms with E-state index in [0.29, 0.717) is 5.69 Å². The highest BCUT2D eigenvalue weighted by molar-refractivity contribution is 9.12. The molecule has 3 nitrogen and oxygen atoms in total. The van der Waals surface area contributed by atoms with Gasteiger partial charge in [0.05, 0.1) is 5.69 Å². The van der Waals surface area contributed by atoms with Gasteiger partial charge < -0.3 is 0 Å². The molecular weight excluding hydrogens is 374 g/mol. The topological polar surface area (TPSA) is 37.4 Å². The van der Waals surface area contributed by atoms with Crippen molar-refractivity contribution < 1.29 is 9.59 Å². The highest BCUT2D eigenvalue weighted by atomic mass is 79.9. The van der Waals surface area contributed by atoms with Crippen LogP contribution in [0.5, 0.6) is 0 Å². The third-order valence-electron chi connectivity index (χ3n) is 3.16. The number of halogens is 2. The first-order valence-corrected chi connectivity index (χ1v) is 7.57. The minimum absolute atomic E-state index is 0.234. The van der Waals surface area contributed by atoms with E-state index in [4.69, 9.17) is 0 Å². The van der Waals surface area contributed by atoms with Crippen molar-refractivity contribution >= 4 is 60.1 Å². The number of carbonyl (C=O) groups excluding carboxylic acids is 2. The number of hydrogen-bond donors (Lipinski definition) is 0. The van der Waals surface area contributed by atoms with Gasteiger partial charge in [-0.05, 0) is 22.9 Å². The number of fused-ring (bicyclic) bond motifs is 1. The fourth-order valence-electron chi connectivity index (χ4n) is 2.18. The van der Waals surface area contributed by atoms with E-state index in [-0.39, 0.29) is 11.8 Å². The van der Waals surface area contributed by atoms with Gasteiger partial charge in [0.25, 0.3) is 0 Å². The van der Waals surface area contributed by atoms with Crippen LogP contribution in [0.4, 0.5) is 5.69 Å². The zero-order chi connectivity index (χ0) is 13.6. The lowest BCUT2D eigenvalue weighted by Gasteiger charge is -2.14.